The van der Waals surface area contributed by atoms with Crippen LogP contribution in [0.15, 0.2) is 24.3 Å². The van der Waals surface area contributed by atoms with Gasteiger partial charge in [-0.25, -0.2) is 0 Å². The van der Waals surface area contributed by atoms with Crippen molar-refractivity contribution in [2.24, 2.45) is 11.8 Å². The first-order valence-corrected chi connectivity index (χ1v) is 9.82. The molecule has 26 heavy (non-hydrogen) atoms. The molecule has 2 aliphatic heterocycles. The van der Waals surface area contributed by atoms with E-state index in [4.69, 9.17) is 16.3 Å². The molecule has 5 nitrogen and oxygen atoms in total. The van der Waals surface area contributed by atoms with Gasteiger partial charge in [-0.1, -0.05) is 30.7 Å². The van der Waals surface area contributed by atoms with Gasteiger partial charge in [0.2, 0.25) is 11.8 Å². The summed E-state index contributed by atoms with van der Waals surface area (Å²) in [7, 11) is 0. The van der Waals surface area contributed by atoms with Gasteiger partial charge in [-0.05, 0) is 37.0 Å². The van der Waals surface area contributed by atoms with Gasteiger partial charge in [-0.2, -0.15) is 0 Å². The Morgan fingerprint density at radius 2 is 1.69 bits per heavy atom. The molecule has 0 radical (unpaired) electrons. The van der Waals surface area contributed by atoms with Crippen molar-refractivity contribution >= 4 is 23.4 Å². The van der Waals surface area contributed by atoms with E-state index in [0.717, 1.165) is 18.4 Å². The van der Waals surface area contributed by atoms with Crippen molar-refractivity contribution in [2.45, 2.75) is 26.2 Å². The Bertz CT molecular complexity index is 620. The first kappa shape index (κ1) is 19.2. The number of hydrogen-bond donors (Lipinski definition) is 0. The number of piperidine rings is 1. The van der Waals surface area contributed by atoms with Crippen LogP contribution in [-0.4, -0.2) is 61.0 Å². The molecule has 3 rings (SSSR count). The number of carbonyl (C=O) groups is 2. The van der Waals surface area contributed by atoms with Gasteiger partial charge in [0.25, 0.3) is 0 Å². The maximum absolute atomic E-state index is 12.7. The van der Waals surface area contributed by atoms with E-state index in [1.807, 2.05) is 41.0 Å². The molecule has 0 saturated carbocycles. The number of nitrogens with zero attached hydrogens (tertiary/aromatic N) is 2. The van der Waals surface area contributed by atoms with Gasteiger partial charge in [0.1, 0.15) is 0 Å². The number of ether oxygens (including phenoxy) is 1. The van der Waals surface area contributed by atoms with Crippen molar-refractivity contribution in [3.05, 3.63) is 34.9 Å². The smallest absolute Gasteiger partial charge is 0.225 e. The summed E-state index contributed by atoms with van der Waals surface area (Å²) in [6.45, 7) is 5.96. The van der Waals surface area contributed by atoms with Gasteiger partial charge in [-0.3, -0.25) is 9.59 Å². The molecule has 142 valence electrons. The summed E-state index contributed by atoms with van der Waals surface area (Å²) < 4.78 is 5.31. The topological polar surface area (TPSA) is 49.9 Å². The molecule has 0 aliphatic carbocycles. The molecule has 0 spiro atoms. The van der Waals surface area contributed by atoms with Crippen molar-refractivity contribution < 1.29 is 14.3 Å². The number of likely N-dealkylation sites (tertiary alicyclic amines) is 1. The standard InChI is InChI=1S/C20H27ClN2O3/c1-15(14-16-2-4-18(21)5-3-16)19(24)22-8-6-17(7-9-22)20(25)23-10-12-26-13-11-23/h2-5,15,17H,6-14H2,1H3. The van der Waals surface area contributed by atoms with Crippen molar-refractivity contribution in [1.29, 1.82) is 0 Å². The summed E-state index contributed by atoms with van der Waals surface area (Å²) in [6, 6.07) is 7.66. The SMILES string of the molecule is CC(Cc1ccc(Cl)cc1)C(=O)N1CCC(C(=O)N2CCOCC2)CC1. The number of halogens is 1. The molecule has 2 heterocycles. The van der Waals surface area contributed by atoms with Gasteiger partial charge in [-0.15, -0.1) is 0 Å². The Morgan fingerprint density at radius 3 is 2.31 bits per heavy atom. The van der Waals surface area contributed by atoms with Crippen molar-refractivity contribution in [2.75, 3.05) is 39.4 Å². The minimum Gasteiger partial charge on any atom is -0.378 e. The summed E-state index contributed by atoms with van der Waals surface area (Å²) in [4.78, 5) is 29.2. The Hall–Kier alpha value is -1.59. The van der Waals surface area contributed by atoms with E-state index in [9.17, 15) is 9.59 Å². The third-order valence-corrected chi connectivity index (χ3v) is 5.61. The quantitative estimate of drug-likeness (QED) is 0.809. The molecule has 1 aromatic carbocycles. The molecule has 6 heteroatoms. The Morgan fingerprint density at radius 1 is 1.08 bits per heavy atom. The van der Waals surface area contributed by atoms with Crippen LogP contribution in [0, 0.1) is 11.8 Å². The molecule has 2 saturated heterocycles. The van der Waals surface area contributed by atoms with Crippen LogP contribution in [-0.2, 0) is 20.7 Å². The zero-order valence-electron chi connectivity index (χ0n) is 15.3. The largest absolute Gasteiger partial charge is 0.378 e. The highest BCUT2D eigenvalue weighted by Gasteiger charge is 2.32. The lowest BCUT2D eigenvalue weighted by Crippen LogP contribution is -2.48. The Labute approximate surface area is 160 Å². The average Bonchev–Trinajstić information content (AvgIpc) is 2.69. The maximum atomic E-state index is 12.7. The van der Waals surface area contributed by atoms with Gasteiger partial charge in [0.15, 0.2) is 0 Å². The third-order valence-electron chi connectivity index (χ3n) is 5.36. The molecule has 0 bridgehead atoms. The van der Waals surface area contributed by atoms with E-state index in [1.54, 1.807) is 0 Å². The molecule has 2 amide bonds. The monoisotopic (exact) mass is 378 g/mol. The molecule has 1 unspecified atom stereocenters. The molecular formula is C20H27ClN2O3. The first-order valence-electron chi connectivity index (χ1n) is 9.44. The fourth-order valence-electron chi connectivity index (χ4n) is 3.76. The lowest BCUT2D eigenvalue weighted by molar-refractivity contribution is -0.144. The summed E-state index contributed by atoms with van der Waals surface area (Å²) in [5.41, 5.74) is 1.12. The second-order valence-electron chi connectivity index (χ2n) is 7.27. The summed E-state index contributed by atoms with van der Waals surface area (Å²) >= 11 is 5.91. The molecule has 2 fully saturated rings. The maximum Gasteiger partial charge on any atom is 0.225 e. The summed E-state index contributed by atoms with van der Waals surface area (Å²) in [6.07, 6.45) is 2.23. The van der Waals surface area contributed by atoms with Crippen LogP contribution in [0.4, 0.5) is 0 Å². The van der Waals surface area contributed by atoms with Crippen LogP contribution in [0.3, 0.4) is 0 Å². The lowest BCUT2D eigenvalue weighted by Gasteiger charge is -2.36. The van der Waals surface area contributed by atoms with Crippen LogP contribution in [0.5, 0.6) is 0 Å². The zero-order chi connectivity index (χ0) is 18.5. The first-order chi connectivity index (χ1) is 12.5. The molecule has 2 aliphatic rings. The molecular weight excluding hydrogens is 352 g/mol. The van der Waals surface area contributed by atoms with Gasteiger partial charge < -0.3 is 14.5 Å². The number of carbonyl (C=O) groups excluding carboxylic acids is 2. The number of amides is 2. The summed E-state index contributed by atoms with van der Waals surface area (Å²) in [5.74, 6) is 0.387. The second-order valence-corrected chi connectivity index (χ2v) is 7.71. The predicted molar refractivity (Wildman–Crippen MR) is 101 cm³/mol. The third kappa shape index (κ3) is 4.77. The average molecular weight is 379 g/mol. The minimum absolute atomic E-state index is 0.0451. The highest BCUT2D eigenvalue weighted by atomic mass is 35.5. The van der Waals surface area contributed by atoms with E-state index in [2.05, 4.69) is 0 Å². The van der Waals surface area contributed by atoms with E-state index in [0.29, 0.717) is 50.8 Å². The van der Waals surface area contributed by atoms with Crippen molar-refractivity contribution in [3.63, 3.8) is 0 Å². The van der Waals surface area contributed by atoms with Crippen LogP contribution in [0.25, 0.3) is 0 Å². The van der Waals surface area contributed by atoms with Gasteiger partial charge in [0, 0.05) is 43.0 Å². The number of hydrogen-bond acceptors (Lipinski definition) is 3. The number of benzene rings is 1. The Balaban J connectivity index is 1.48. The molecule has 0 N–H and O–H groups in total. The highest BCUT2D eigenvalue weighted by molar-refractivity contribution is 6.30. The fourth-order valence-corrected chi connectivity index (χ4v) is 3.89. The molecule has 1 aromatic rings. The normalized spacial score (nSPS) is 20.1. The molecule has 1 atom stereocenters. The van der Waals surface area contributed by atoms with Crippen LogP contribution in [0.2, 0.25) is 5.02 Å². The van der Waals surface area contributed by atoms with Crippen LogP contribution < -0.4 is 0 Å². The van der Waals surface area contributed by atoms with E-state index >= 15 is 0 Å². The minimum atomic E-state index is -0.0670. The van der Waals surface area contributed by atoms with E-state index in [1.165, 1.54) is 0 Å². The highest BCUT2D eigenvalue weighted by Crippen LogP contribution is 2.23. The second kappa shape index (κ2) is 8.87. The van der Waals surface area contributed by atoms with E-state index in [-0.39, 0.29) is 23.7 Å². The fraction of sp³-hybridized carbons (Fsp3) is 0.600. The van der Waals surface area contributed by atoms with Crippen LogP contribution in [0.1, 0.15) is 25.3 Å². The van der Waals surface area contributed by atoms with Crippen molar-refractivity contribution in [3.8, 4) is 0 Å². The summed E-state index contributed by atoms with van der Waals surface area (Å²) in [5, 5.41) is 0.708. The lowest BCUT2D eigenvalue weighted by atomic mass is 9.93. The number of rotatable bonds is 4. The van der Waals surface area contributed by atoms with Gasteiger partial charge >= 0.3 is 0 Å². The van der Waals surface area contributed by atoms with E-state index < -0.39 is 0 Å². The van der Waals surface area contributed by atoms with Gasteiger partial charge in [0.05, 0.1) is 13.2 Å². The Kier molecular flexibility index (Phi) is 6.54. The van der Waals surface area contributed by atoms with Crippen LogP contribution >= 0.6 is 11.6 Å². The number of morpholine rings is 1. The predicted octanol–water partition coefficient (Wildman–Crippen LogP) is 2.62. The zero-order valence-corrected chi connectivity index (χ0v) is 16.1. The van der Waals surface area contributed by atoms with Crippen molar-refractivity contribution in [1.82, 2.24) is 9.80 Å². The molecule has 0 aromatic heterocycles.